The van der Waals surface area contributed by atoms with E-state index in [1.165, 1.54) is 0 Å². The minimum Gasteiger partial charge on any atom is -0.493 e. The van der Waals surface area contributed by atoms with Gasteiger partial charge in [-0.05, 0) is 23.8 Å². The first-order chi connectivity index (χ1) is 9.76. The summed E-state index contributed by atoms with van der Waals surface area (Å²) in [5, 5.41) is 16.7. The lowest BCUT2D eigenvalue weighted by Crippen LogP contribution is -2.07. The van der Waals surface area contributed by atoms with Gasteiger partial charge in [0.05, 0.1) is 13.7 Å². The molecular formula is C12H16BrN5O2. The standard InChI is InChI=1S/C12H16BrN5O2/c1-3-6-20-11-8(7-14-12-15-17-18-16-12)9(13)4-5-10(11)19-2/h4-5H,3,6-7H2,1-2H3,(H2,14,15,16,17,18). The summed E-state index contributed by atoms with van der Waals surface area (Å²) in [7, 11) is 1.62. The van der Waals surface area contributed by atoms with E-state index in [-0.39, 0.29) is 0 Å². The number of aromatic nitrogens is 4. The molecule has 0 amide bonds. The van der Waals surface area contributed by atoms with Gasteiger partial charge >= 0.3 is 0 Å². The van der Waals surface area contributed by atoms with E-state index in [1.54, 1.807) is 7.11 Å². The van der Waals surface area contributed by atoms with Crippen molar-refractivity contribution in [3.63, 3.8) is 0 Å². The molecule has 2 aromatic rings. The lowest BCUT2D eigenvalue weighted by molar-refractivity contribution is 0.291. The normalized spacial score (nSPS) is 10.3. The van der Waals surface area contributed by atoms with Crippen molar-refractivity contribution in [2.45, 2.75) is 19.9 Å². The van der Waals surface area contributed by atoms with Gasteiger partial charge in [-0.2, -0.15) is 5.21 Å². The maximum Gasteiger partial charge on any atom is 0.263 e. The fraction of sp³-hybridized carbons (Fsp3) is 0.417. The summed E-state index contributed by atoms with van der Waals surface area (Å²) in [6.07, 6.45) is 0.924. The molecule has 0 saturated carbocycles. The Kier molecular flexibility index (Phi) is 5.16. The largest absolute Gasteiger partial charge is 0.493 e. The number of nitrogens with one attached hydrogen (secondary N) is 2. The van der Waals surface area contributed by atoms with Crippen LogP contribution >= 0.6 is 15.9 Å². The minimum atomic E-state index is 0.432. The van der Waals surface area contributed by atoms with Gasteiger partial charge in [0.2, 0.25) is 0 Å². The number of H-pyrrole nitrogens is 1. The summed E-state index contributed by atoms with van der Waals surface area (Å²) in [6.45, 7) is 3.18. The highest BCUT2D eigenvalue weighted by Gasteiger charge is 2.15. The number of rotatable bonds is 7. The Morgan fingerprint density at radius 2 is 2.25 bits per heavy atom. The third-order valence-electron chi connectivity index (χ3n) is 2.61. The Bertz CT molecular complexity index is 547. The first-order valence-corrected chi connectivity index (χ1v) is 7.01. The molecule has 0 unspecified atom stereocenters. The van der Waals surface area contributed by atoms with Crippen molar-refractivity contribution in [3.05, 3.63) is 22.2 Å². The number of methoxy groups -OCH3 is 1. The monoisotopic (exact) mass is 341 g/mol. The van der Waals surface area contributed by atoms with Crippen molar-refractivity contribution in [3.8, 4) is 11.5 Å². The molecule has 8 heteroatoms. The van der Waals surface area contributed by atoms with Crippen LogP contribution in [0.3, 0.4) is 0 Å². The van der Waals surface area contributed by atoms with Gasteiger partial charge in [0.25, 0.3) is 5.95 Å². The molecule has 2 rings (SSSR count). The molecule has 0 aliphatic heterocycles. The topological polar surface area (TPSA) is 85.0 Å². The van der Waals surface area contributed by atoms with Crippen LogP contribution in [-0.2, 0) is 6.54 Å². The van der Waals surface area contributed by atoms with Crippen LogP contribution in [0.1, 0.15) is 18.9 Å². The van der Waals surface area contributed by atoms with E-state index < -0.39 is 0 Å². The average Bonchev–Trinajstić information content (AvgIpc) is 2.97. The zero-order valence-corrected chi connectivity index (χ0v) is 12.9. The smallest absolute Gasteiger partial charge is 0.263 e. The second kappa shape index (κ2) is 7.09. The van der Waals surface area contributed by atoms with Crippen molar-refractivity contribution in [1.82, 2.24) is 20.6 Å². The highest BCUT2D eigenvalue weighted by atomic mass is 79.9. The van der Waals surface area contributed by atoms with Gasteiger partial charge in [-0.1, -0.05) is 28.0 Å². The summed E-state index contributed by atoms with van der Waals surface area (Å²) in [5.74, 6) is 1.85. The van der Waals surface area contributed by atoms with Crippen LogP contribution in [0.25, 0.3) is 0 Å². The molecule has 0 radical (unpaired) electrons. The Hall–Kier alpha value is -1.83. The van der Waals surface area contributed by atoms with E-state index >= 15 is 0 Å². The molecule has 0 saturated heterocycles. The molecule has 1 heterocycles. The van der Waals surface area contributed by atoms with Crippen LogP contribution in [-0.4, -0.2) is 34.3 Å². The first-order valence-electron chi connectivity index (χ1n) is 6.21. The van der Waals surface area contributed by atoms with E-state index in [1.807, 2.05) is 12.1 Å². The van der Waals surface area contributed by atoms with E-state index in [4.69, 9.17) is 9.47 Å². The molecule has 1 aromatic carbocycles. The number of benzene rings is 1. The molecule has 0 aliphatic rings. The van der Waals surface area contributed by atoms with Gasteiger partial charge in [-0.15, -0.1) is 5.10 Å². The fourth-order valence-corrected chi connectivity index (χ4v) is 2.13. The van der Waals surface area contributed by atoms with Crippen molar-refractivity contribution in [2.75, 3.05) is 19.0 Å². The van der Waals surface area contributed by atoms with E-state index in [9.17, 15) is 0 Å². The van der Waals surface area contributed by atoms with Crippen LogP contribution in [0.2, 0.25) is 0 Å². The highest BCUT2D eigenvalue weighted by molar-refractivity contribution is 9.10. The van der Waals surface area contributed by atoms with Crippen molar-refractivity contribution in [2.24, 2.45) is 0 Å². The number of nitrogens with zero attached hydrogens (tertiary/aromatic N) is 3. The van der Waals surface area contributed by atoms with Crippen molar-refractivity contribution < 1.29 is 9.47 Å². The number of ether oxygens (including phenoxy) is 2. The third kappa shape index (κ3) is 3.38. The minimum absolute atomic E-state index is 0.432. The third-order valence-corrected chi connectivity index (χ3v) is 3.35. The average molecular weight is 342 g/mol. The second-order valence-corrected chi connectivity index (χ2v) is 4.85. The van der Waals surface area contributed by atoms with Gasteiger partial charge < -0.3 is 14.8 Å². The molecule has 1 aromatic heterocycles. The zero-order chi connectivity index (χ0) is 14.4. The van der Waals surface area contributed by atoms with Crippen molar-refractivity contribution in [1.29, 1.82) is 0 Å². The number of anilines is 1. The van der Waals surface area contributed by atoms with E-state index in [0.717, 1.165) is 22.2 Å². The van der Waals surface area contributed by atoms with Crippen LogP contribution in [0.5, 0.6) is 11.5 Å². The van der Waals surface area contributed by atoms with Crippen LogP contribution in [0, 0.1) is 0 Å². The maximum atomic E-state index is 5.80. The Balaban J connectivity index is 2.23. The molecule has 0 bridgehead atoms. The van der Waals surface area contributed by atoms with Gasteiger partial charge in [0, 0.05) is 16.6 Å². The van der Waals surface area contributed by atoms with Gasteiger partial charge in [0.15, 0.2) is 11.5 Å². The number of hydrogen-bond acceptors (Lipinski definition) is 6. The molecule has 108 valence electrons. The predicted octanol–water partition coefficient (Wildman–Crippen LogP) is 2.37. The quantitative estimate of drug-likeness (QED) is 0.804. The van der Waals surface area contributed by atoms with Crippen LogP contribution in [0.15, 0.2) is 16.6 Å². The zero-order valence-electron chi connectivity index (χ0n) is 11.3. The van der Waals surface area contributed by atoms with Crippen LogP contribution < -0.4 is 14.8 Å². The van der Waals surface area contributed by atoms with Crippen LogP contribution in [0.4, 0.5) is 5.95 Å². The summed E-state index contributed by atoms with van der Waals surface area (Å²) in [4.78, 5) is 0. The summed E-state index contributed by atoms with van der Waals surface area (Å²) >= 11 is 3.53. The molecule has 0 aliphatic carbocycles. The molecule has 7 nitrogen and oxygen atoms in total. The molecule has 0 spiro atoms. The lowest BCUT2D eigenvalue weighted by atomic mass is 10.2. The number of aromatic amines is 1. The summed E-state index contributed by atoms with van der Waals surface area (Å²) in [5.41, 5.74) is 0.947. The number of hydrogen-bond donors (Lipinski definition) is 2. The Morgan fingerprint density at radius 3 is 2.90 bits per heavy atom. The number of halogens is 1. The molecule has 2 N–H and O–H groups in total. The van der Waals surface area contributed by atoms with Gasteiger partial charge in [0.1, 0.15) is 0 Å². The highest BCUT2D eigenvalue weighted by Crippen LogP contribution is 2.36. The van der Waals surface area contributed by atoms with Gasteiger partial charge in [-0.25, -0.2) is 0 Å². The molecule has 0 fully saturated rings. The van der Waals surface area contributed by atoms with Gasteiger partial charge in [-0.3, -0.25) is 0 Å². The second-order valence-electron chi connectivity index (χ2n) is 3.99. The number of tetrazole rings is 1. The molecule has 0 atom stereocenters. The SMILES string of the molecule is CCCOc1c(OC)ccc(Br)c1CNc1nn[nH]n1. The molecule has 20 heavy (non-hydrogen) atoms. The first kappa shape index (κ1) is 14.6. The summed E-state index contributed by atoms with van der Waals surface area (Å²) < 4.78 is 12.1. The Morgan fingerprint density at radius 1 is 1.40 bits per heavy atom. The predicted molar refractivity (Wildman–Crippen MR) is 78.0 cm³/mol. The van der Waals surface area contributed by atoms with Crippen molar-refractivity contribution >= 4 is 21.9 Å². The Labute approximate surface area is 125 Å². The maximum absolute atomic E-state index is 5.80. The fourth-order valence-electron chi connectivity index (χ4n) is 1.67. The molecular weight excluding hydrogens is 326 g/mol. The van der Waals surface area contributed by atoms with E-state index in [2.05, 4.69) is 48.8 Å². The van der Waals surface area contributed by atoms with E-state index in [0.29, 0.717) is 24.8 Å². The lowest BCUT2D eigenvalue weighted by Gasteiger charge is -2.16. The summed E-state index contributed by atoms with van der Waals surface area (Å²) in [6, 6.07) is 3.79.